The van der Waals surface area contributed by atoms with Crippen LogP contribution in [0.25, 0.3) is 65.0 Å². The Labute approximate surface area is 248 Å². The topological polar surface area (TPSA) is 0 Å². The average Bonchev–Trinajstić information content (AvgIpc) is 3.84. The zero-order chi connectivity index (χ0) is 26.7. The fourth-order valence-electron chi connectivity index (χ4n) is 15.5. The molecule has 3 unspecified atom stereocenters. The summed E-state index contributed by atoms with van der Waals surface area (Å²) in [5.41, 5.74) is 27.5. The number of aryl methyl sites for hydroxylation is 5. The first-order valence-electron chi connectivity index (χ1n) is 17.6. The third kappa shape index (κ3) is 1.38. The monoisotopic (exact) mass is 544 g/mol. The quantitative estimate of drug-likeness (QED) is 0.151. The van der Waals surface area contributed by atoms with Crippen molar-refractivity contribution in [2.75, 3.05) is 0 Å². The summed E-state index contributed by atoms with van der Waals surface area (Å²) >= 11 is 0. The van der Waals surface area contributed by atoms with Crippen LogP contribution in [-0.4, -0.2) is 0 Å². The zero-order valence-corrected chi connectivity index (χ0v) is 24.3. The van der Waals surface area contributed by atoms with Crippen molar-refractivity contribution >= 4 is 65.0 Å². The maximum atomic E-state index is 4.54. The molecule has 16 rings (SSSR count). The second-order valence-electron chi connectivity index (χ2n) is 16.4. The highest BCUT2D eigenvalue weighted by Crippen LogP contribution is 2.80. The van der Waals surface area contributed by atoms with Gasteiger partial charge < -0.3 is 0 Å². The summed E-state index contributed by atoms with van der Waals surface area (Å²) < 4.78 is 0. The van der Waals surface area contributed by atoms with E-state index < -0.39 is 0 Å². The van der Waals surface area contributed by atoms with Crippen LogP contribution in [0.15, 0.2) is 29.4 Å². The van der Waals surface area contributed by atoms with Crippen LogP contribution in [0.5, 0.6) is 0 Å². The summed E-state index contributed by atoms with van der Waals surface area (Å²) in [5.74, 6) is 2.02. The molecule has 0 spiro atoms. The smallest absolute Gasteiger partial charge is 0.0361 e. The van der Waals surface area contributed by atoms with Crippen molar-refractivity contribution in [2.45, 2.75) is 82.5 Å². The number of benzene rings is 3. The van der Waals surface area contributed by atoms with Gasteiger partial charge in [-0.25, -0.2) is 0 Å². The van der Waals surface area contributed by atoms with E-state index in [9.17, 15) is 0 Å². The van der Waals surface area contributed by atoms with E-state index >= 15 is 0 Å². The summed E-state index contributed by atoms with van der Waals surface area (Å²) in [6, 6.07) is 0. The van der Waals surface area contributed by atoms with Crippen molar-refractivity contribution in [3.05, 3.63) is 90.2 Å². The van der Waals surface area contributed by atoms with Crippen LogP contribution in [0.4, 0.5) is 0 Å². The molecule has 200 valence electrons. The van der Waals surface area contributed by atoms with Crippen LogP contribution in [0.2, 0.25) is 0 Å². The van der Waals surface area contributed by atoms with Crippen molar-refractivity contribution < 1.29 is 0 Å². The van der Waals surface area contributed by atoms with Crippen LogP contribution < -0.4 is 5.22 Å². The first-order valence-corrected chi connectivity index (χ1v) is 17.6. The van der Waals surface area contributed by atoms with Crippen molar-refractivity contribution in [1.82, 2.24) is 0 Å². The van der Waals surface area contributed by atoms with Crippen LogP contribution in [-0.2, 0) is 38.5 Å². The van der Waals surface area contributed by atoms with E-state index in [1.54, 1.807) is 86.9 Å². The Morgan fingerprint density at radius 3 is 1.95 bits per heavy atom. The molecule has 43 heavy (non-hydrogen) atoms. The lowest BCUT2D eigenvalue weighted by Crippen LogP contribution is -2.41. The van der Waals surface area contributed by atoms with Gasteiger partial charge in [0.25, 0.3) is 0 Å². The predicted octanol–water partition coefficient (Wildman–Crippen LogP) is 8.89. The highest BCUT2D eigenvalue weighted by atomic mass is 14.7. The van der Waals surface area contributed by atoms with Crippen molar-refractivity contribution in [3.8, 4) is 0 Å². The highest BCUT2D eigenvalue weighted by molar-refractivity contribution is 6.45. The zero-order valence-electron chi connectivity index (χ0n) is 24.3. The van der Waals surface area contributed by atoms with Crippen molar-refractivity contribution in [1.29, 1.82) is 0 Å². The maximum Gasteiger partial charge on any atom is 0.0361 e. The SMILES string of the molecule is C=CC[C@]12C3=C4c5c6c7c8c9c%10c%11c(c%12c%13c%14c(c%15c(c%14c%14c(c(c5C%141)c7%10)c%13%11)=C2C(=C3CCC4C6CC8)CC%15)CC%12)CC9. The van der Waals surface area contributed by atoms with Crippen LogP contribution >= 0.6 is 0 Å². The van der Waals surface area contributed by atoms with Gasteiger partial charge in [-0.15, -0.1) is 6.58 Å². The van der Waals surface area contributed by atoms with E-state index in [2.05, 4.69) is 12.7 Å². The Bertz CT molecular complexity index is 2820. The molecule has 0 saturated heterocycles. The Balaban J connectivity index is 1.39. The van der Waals surface area contributed by atoms with E-state index in [1.807, 2.05) is 55.7 Å². The molecule has 0 bridgehead atoms. The lowest BCUT2D eigenvalue weighted by molar-refractivity contribution is 0.411. The summed E-state index contributed by atoms with van der Waals surface area (Å²) in [7, 11) is 0. The van der Waals surface area contributed by atoms with Crippen LogP contribution in [0, 0.1) is 11.3 Å². The second kappa shape index (κ2) is 5.21. The molecule has 0 amide bonds. The molecule has 0 heteroatoms. The van der Waals surface area contributed by atoms with E-state index in [0.717, 1.165) is 18.3 Å². The number of hydrogen-bond donors (Lipinski definition) is 0. The number of allylic oxidation sites excluding steroid dienone is 5. The lowest BCUT2D eigenvalue weighted by atomic mass is 9.53. The summed E-state index contributed by atoms with van der Waals surface area (Å²) in [4.78, 5) is 0. The summed E-state index contributed by atoms with van der Waals surface area (Å²) in [5, 5.41) is 19.4. The molecule has 10 aliphatic rings. The number of hydrogen-bond acceptors (Lipinski definition) is 0. The fraction of sp³-hybridized carbons (Fsp3) is 0.349. The van der Waals surface area contributed by atoms with Crippen molar-refractivity contribution in [2.24, 2.45) is 11.3 Å². The molecule has 0 nitrogen and oxygen atoms in total. The first-order chi connectivity index (χ1) is 21.3. The first kappa shape index (κ1) is 19.6. The minimum absolute atomic E-state index is 0.102. The van der Waals surface area contributed by atoms with Gasteiger partial charge in [0.2, 0.25) is 0 Å². The summed E-state index contributed by atoms with van der Waals surface area (Å²) in [6.45, 7) is 4.54. The standard InChI is InChI=1S/C43H28/c1-2-13-43-40-22-11-9-20-18-7-5-16-14-3-4-15-17-6-8-19-21-10-12-23(22)41(43)31(21)35-29(19)27(17)33-25(15)24(14)32-26(16)28(18)34(30(20)40)38-36(32)37(33)39(35)42(38)43/h2,18,20,42H,1,3-13H2/t18?,20?,42?,43-/m1/s1. The van der Waals surface area contributed by atoms with Gasteiger partial charge in [-0.1, -0.05) is 6.08 Å². The van der Waals surface area contributed by atoms with Crippen LogP contribution in [0.3, 0.4) is 0 Å². The van der Waals surface area contributed by atoms with E-state index in [0.29, 0.717) is 5.92 Å². The Kier molecular flexibility index (Phi) is 2.38. The maximum absolute atomic E-state index is 4.54. The van der Waals surface area contributed by atoms with E-state index in [1.165, 1.54) is 64.2 Å². The van der Waals surface area contributed by atoms with E-state index in [4.69, 9.17) is 0 Å². The van der Waals surface area contributed by atoms with Gasteiger partial charge in [-0.3, -0.25) is 0 Å². The Morgan fingerprint density at radius 2 is 1.16 bits per heavy atom. The van der Waals surface area contributed by atoms with Gasteiger partial charge in [-0.05, 0) is 225 Å². The molecule has 0 aromatic heterocycles. The average molecular weight is 545 g/mol. The van der Waals surface area contributed by atoms with Crippen LogP contribution in [0.1, 0.15) is 99.6 Å². The molecule has 0 fully saturated rings. The molecule has 10 aliphatic carbocycles. The molecule has 0 radical (unpaired) electrons. The predicted molar refractivity (Wildman–Crippen MR) is 175 cm³/mol. The minimum Gasteiger partial charge on any atom is -0.103 e. The van der Waals surface area contributed by atoms with Gasteiger partial charge in [0.15, 0.2) is 0 Å². The molecule has 4 atom stereocenters. The van der Waals surface area contributed by atoms with Gasteiger partial charge in [0, 0.05) is 11.3 Å². The molecule has 0 heterocycles. The molecule has 0 N–H and O–H groups in total. The molecular formula is C43H28. The van der Waals surface area contributed by atoms with Gasteiger partial charge in [0.1, 0.15) is 0 Å². The highest BCUT2D eigenvalue weighted by Gasteiger charge is 2.65. The Morgan fingerprint density at radius 1 is 0.535 bits per heavy atom. The number of fused-ring (bicyclic) bond motifs is 4. The van der Waals surface area contributed by atoms with E-state index in [-0.39, 0.29) is 5.41 Å². The molecule has 6 aromatic rings. The molecule has 6 aromatic carbocycles. The fourth-order valence-corrected chi connectivity index (χ4v) is 15.5. The van der Waals surface area contributed by atoms with Gasteiger partial charge >= 0.3 is 0 Å². The van der Waals surface area contributed by atoms with Crippen molar-refractivity contribution in [3.63, 3.8) is 0 Å². The summed E-state index contributed by atoms with van der Waals surface area (Å²) in [6.07, 6.45) is 16.6. The third-order valence-electron chi connectivity index (χ3n) is 16.0. The molecule has 0 aliphatic heterocycles. The Hall–Kier alpha value is -3.64. The minimum atomic E-state index is 0.102. The number of rotatable bonds is 2. The largest absolute Gasteiger partial charge is 0.103 e. The molecule has 0 saturated carbocycles. The normalized spacial score (nSPS) is 31.1. The molecular weight excluding hydrogens is 516 g/mol. The third-order valence-corrected chi connectivity index (χ3v) is 16.0. The second-order valence-corrected chi connectivity index (χ2v) is 16.4. The lowest BCUT2D eigenvalue weighted by Gasteiger charge is -2.48. The van der Waals surface area contributed by atoms with Gasteiger partial charge in [0.05, 0.1) is 0 Å². The van der Waals surface area contributed by atoms with Gasteiger partial charge in [-0.2, -0.15) is 0 Å².